The van der Waals surface area contributed by atoms with Gasteiger partial charge in [0.15, 0.2) is 0 Å². The molecule has 23 heavy (non-hydrogen) atoms. The summed E-state index contributed by atoms with van der Waals surface area (Å²) in [6.45, 7) is 9.26. The standard InChI is InChI=1S/C21H27NO/c1-20(2,3)15-16-22-19(23)21(4,17-11-7-5-8-12-17)18-13-9-6-10-14-18/h5-14H,15-16H2,1-4H3,(H,22,23). The summed E-state index contributed by atoms with van der Waals surface area (Å²) < 4.78 is 0. The number of amides is 1. The predicted molar refractivity (Wildman–Crippen MR) is 96.4 cm³/mol. The summed E-state index contributed by atoms with van der Waals surface area (Å²) >= 11 is 0. The third kappa shape index (κ3) is 4.22. The molecule has 2 rings (SSSR count). The van der Waals surface area contributed by atoms with E-state index in [0.717, 1.165) is 17.5 Å². The van der Waals surface area contributed by atoms with Crippen molar-refractivity contribution in [1.29, 1.82) is 0 Å². The fourth-order valence-electron chi connectivity index (χ4n) is 2.70. The molecule has 0 atom stereocenters. The van der Waals surface area contributed by atoms with E-state index in [1.54, 1.807) is 0 Å². The third-order valence-corrected chi connectivity index (χ3v) is 4.32. The summed E-state index contributed by atoms with van der Waals surface area (Å²) in [6, 6.07) is 20.0. The Morgan fingerprint density at radius 2 is 1.26 bits per heavy atom. The zero-order valence-corrected chi connectivity index (χ0v) is 14.6. The monoisotopic (exact) mass is 309 g/mol. The normalized spacial score (nSPS) is 12.0. The molecule has 2 nitrogen and oxygen atoms in total. The van der Waals surface area contributed by atoms with Crippen LogP contribution in [0.1, 0.15) is 45.2 Å². The van der Waals surface area contributed by atoms with E-state index < -0.39 is 5.41 Å². The molecule has 1 N–H and O–H groups in total. The maximum atomic E-state index is 13.0. The van der Waals surface area contributed by atoms with Gasteiger partial charge in [-0.3, -0.25) is 4.79 Å². The molecule has 2 heteroatoms. The number of hydrogen-bond donors (Lipinski definition) is 1. The van der Waals surface area contributed by atoms with Crippen molar-refractivity contribution < 1.29 is 4.79 Å². The Morgan fingerprint density at radius 1 is 0.826 bits per heavy atom. The van der Waals surface area contributed by atoms with E-state index in [9.17, 15) is 4.79 Å². The van der Waals surface area contributed by atoms with Crippen LogP contribution in [0, 0.1) is 5.41 Å². The number of carbonyl (C=O) groups is 1. The summed E-state index contributed by atoms with van der Waals surface area (Å²) in [6.07, 6.45) is 0.957. The molecule has 0 saturated heterocycles. The van der Waals surface area contributed by atoms with Crippen molar-refractivity contribution in [3.05, 3.63) is 71.8 Å². The van der Waals surface area contributed by atoms with Crippen LogP contribution >= 0.6 is 0 Å². The lowest BCUT2D eigenvalue weighted by Crippen LogP contribution is -2.44. The van der Waals surface area contributed by atoms with Gasteiger partial charge in [0.2, 0.25) is 5.91 Å². The van der Waals surface area contributed by atoms with Gasteiger partial charge in [-0.2, -0.15) is 0 Å². The maximum absolute atomic E-state index is 13.0. The molecule has 0 aliphatic carbocycles. The van der Waals surface area contributed by atoms with Crippen LogP contribution in [0.25, 0.3) is 0 Å². The smallest absolute Gasteiger partial charge is 0.234 e. The van der Waals surface area contributed by atoms with Gasteiger partial charge in [-0.25, -0.2) is 0 Å². The van der Waals surface area contributed by atoms with Gasteiger partial charge < -0.3 is 5.32 Å². The van der Waals surface area contributed by atoms with Crippen molar-refractivity contribution in [2.24, 2.45) is 5.41 Å². The fraction of sp³-hybridized carbons (Fsp3) is 0.381. The van der Waals surface area contributed by atoms with Gasteiger partial charge in [0, 0.05) is 6.54 Å². The lowest BCUT2D eigenvalue weighted by atomic mass is 9.75. The number of hydrogen-bond acceptors (Lipinski definition) is 1. The fourth-order valence-corrected chi connectivity index (χ4v) is 2.70. The molecule has 0 aliphatic rings. The summed E-state index contributed by atoms with van der Waals surface area (Å²) in [4.78, 5) is 13.0. The molecular weight excluding hydrogens is 282 g/mol. The van der Waals surface area contributed by atoms with Crippen molar-refractivity contribution in [1.82, 2.24) is 5.32 Å². The first-order chi connectivity index (χ1) is 10.8. The molecule has 0 bridgehead atoms. The van der Waals surface area contributed by atoms with E-state index in [2.05, 4.69) is 26.1 Å². The van der Waals surface area contributed by atoms with E-state index in [0.29, 0.717) is 6.54 Å². The molecule has 0 aromatic heterocycles. The first-order valence-electron chi connectivity index (χ1n) is 8.23. The van der Waals surface area contributed by atoms with Gasteiger partial charge in [0.1, 0.15) is 0 Å². The predicted octanol–water partition coefficient (Wildman–Crippen LogP) is 4.55. The third-order valence-electron chi connectivity index (χ3n) is 4.32. The molecule has 0 saturated carbocycles. The van der Waals surface area contributed by atoms with Gasteiger partial charge in [-0.1, -0.05) is 81.4 Å². The summed E-state index contributed by atoms with van der Waals surface area (Å²) in [5.74, 6) is 0.0548. The SMILES string of the molecule is CC(C)(C)CCNC(=O)C(C)(c1ccccc1)c1ccccc1. The lowest BCUT2D eigenvalue weighted by Gasteiger charge is -2.30. The van der Waals surface area contributed by atoms with Crippen LogP contribution in [0.3, 0.4) is 0 Å². The Balaban J connectivity index is 2.30. The second kappa shape index (κ2) is 6.99. The van der Waals surface area contributed by atoms with Crippen LogP contribution in [0.5, 0.6) is 0 Å². The summed E-state index contributed by atoms with van der Waals surface area (Å²) in [5, 5.41) is 3.14. The van der Waals surface area contributed by atoms with Crippen molar-refractivity contribution >= 4 is 5.91 Å². The zero-order chi connectivity index (χ0) is 16.9. The molecule has 0 aliphatic heterocycles. The van der Waals surface area contributed by atoms with Gasteiger partial charge in [-0.05, 0) is 29.9 Å². The lowest BCUT2D eigenvalue weighted by molar-refractivity contribution is -0.124. The van der Waals surface area contributed by atoms with Crippen molar-refractivity contribution in [3.8, 4) is 0 Å². The Bertz CT molecular complexity index is 586. The van der Waals surface area contributed by atoms with Crippen LogP contribution in [0.2, 0.25) is 0 Å². The Morgan fingerprint density at radius 3 is 1.65 bits per heavy atom. The van der Waals surface area contributed by atoms with E-state index >= 15 is 0 Å². The van der Waals surface area contributed by atoms with Crippen molar-refractivity contribution in [3.63, 3.8) is 0 Å². The van der Waals surface area contributed by atoms with E-state index in [1.165, 1.54) is 0 Å². The highest BCUT2D eigenvalue weighted by atomic mass is 16.2. The molecule has 0 heterocycles. The van der Waals surface area contributed by atoms with Crippen LogP contribution in [0.15, 0.2) is 60.7 Å². The number of carbonyl (C=O) groups excluding carboxylic acids is 1. The molecule has 2 aromatic carbocycles. The molecule has 122 valence electrons. The second-order valence-electron chi connectivity index (χ2n) is 7.42. The average Bonchev–Trinajstić information content (AvgIpc) is 2.54. The molecule has 1 amide bonds. The largest absolute Gasteiger partial charge is 0.355 e. The minimum atomic E-state index is -0.680. The molecule has 2 aromatic rings. The number of rotatable bonds is 5. The average molecular weight is 309 g/mol. The van der Waals surface area contributed by atoms with Crippen LogP contribution < -0.4 is 5.32 Å². The van der Waals surface area contributed by atoms with Crippen LogP contribution in [-0.2, 0) is 10.2 Å². The highest BCUT2D eigenvalue weighted by molar-refractivity contribution is 5.91. The summed E-state index contributed by atoms with van der Waals surface area (Å²) in [7, 11) is 0. The van der Waals surface area contributed by atoms with E-state index in [1.807, 2.05) is 67.6 Å². The zero-order valence-electron chi connectivity index (χ0n) is 14.6. The molecule has 0 spiro atoms. The minimum absolute atomic E-state index is 0.0548. The van der Waals surface area contributed by atoms with Gasteiger partial charge in [0.05, 0.1) is 5.41 Å². The van der Waals surface area contributed by atoms with Crippen molar-refractivity contribution in [2.75, 3.05) is 6.54 Å². The number of nitrogens with one attached hydrogen (secondary N) is 1. The first-order valence-corrected chi connectivity index (χ1v) is 8.23. The quantitative estimate of drug-likeness (QED) is 0.863. The topological polar surface area (TPSA) is 29.1 Å². The van der Waals surface area contributed by atoms with E-state index in [-0.39, 0.29) is 11.3 Å². The second-order valence-corrected chi connectivity index (χ2v) is 7.42. The van der Waals surface area contributed by atoms with Gasteiger partial charge in [0.25, 0.3) is 0 Å². The Hall–Kier alpha value is -2.09. The van der Waals surface area contributed by atoms with Gasteiger partial charge >= 0.3 is 0 Å². The Kier molecular flexibility index (Phi) is 5.25. The molecular formula is C21H27NO. The highest BCUT2D eigenvalue weighted by Crippen LogP contribution is 2.32. The molecule has 0 radical (unpaired) electrons. The first kappa shape index (κ1) is 17.3. The summed E-state index contributed by atoms with van der Waals surface area (Å²) in [5.41, 5.74) is 1.56. The van der Waals surface area contributed by atoms with Crippen LogP contribution in [0.4, 0.5) is 0 Å². The molecule has 0 fully saturated rings. The van der Waals surface area contributed by atoms with Crippen LogP contribution in [-0.4, -0.2) is 12.5 Å². The minimum Gasteiger partial charge on any atom is -0.355 e. The number of benzene rings is 2. The highest BCUT2D eigenvalue weighted by Gasteiger charge is 2.36. The Labute approximate surface area is 139 Å². The van der Waals surface area contributed by atoms with Crippen molar-refractivity contribution in [2.45, 2.75) is 39.5 Å². The maximum Gasteiger partial charge on any atom is 0.234 e. The van der Waals surface area contributed by atoms with Gasteiger partial charge in [-0.15, -0.1) is 0 Å². The van der Waals surface area contributed by atoms with E-state index in [4.69, 9.17) is 0 Å². The molecule has 0 unspecified atom stereocenters.